The van der Waals surface area contributed by atoms with Gasteiger partial charge in [0.15, 0.2) is 0 Å². The predicted molar refractivity (Wildman–Crippen MR) is 107 cm³/mol. The molecule has 0 aliphatic carbocycles. The van der Waals surface area contributed by atoms with E-state index >= 15 is 0 Å². The summed E-state index contributed by atoms with van der Waals surface area (Å²) in [6, 6.07) is 50.0. The molecule has 0 N–H and O–H groups in total. The molecule has 4 rings (SSSR count). The third kappa shape index (κ3) is 17.9. The molecule has 4 aromatic carbocycles. The monoisotopic (exact) mass is 428 g/mol. The van der Waals surface area contributed by atoms with Crippen molar-refractivity contribution in [3.63, 3.8) is 0 Å². The Kier molecular flexibility index (Phi) is 17.9. The first-order valence-electron chi connectivity index (χ1n) is 7.64. The standard InChI is InChI=1S/4C6H5.Sn/c4*1-2-4-6-5-3-1;/h4*1-5H;. The van der Waals surface area contributed by atoms with Crippen LogP contribution in [0.4, 0.5) is 0 Å². The van der Waals surface area contributed by atoms with Crippen molar-refractivity contribution in [2.24, 2.45) is 0 Å². The van der Waals surface area contributed by atoms with Gasteiger partial charge in [-0.1, -0.05) is 121 Å². The average Bonchev–Trinajstić information content (AvgIpc) is 2.75. The molecule has 25 heavy (non-hydrogen) atoms. The van der Waals surface area contributed by atoms with Crippen LogP contribution in [0, 0.1) is 24.3 Å². The van der Waals surface area contributed by atoms with Gasteiger partial charge in [0.1, 0.15) is 0 Å². The topological polar surface area (TPSA) is 0 Å². The van der Waals surface area contributed by atoms with Crippen LogP contribution in [0.5, 0.6) is 0 Å². The molecule has 0 saturated heterocycles. The first kappa shape index (κ1) is 22.7. The third-order valence-electron chi connectivity index (χ3n) is 2.43. The summed E-state index contributed by atoms with van der Waals surface area (Å²) < 4.78 is 0. The molecule has 1 heteroatoms. The molecule has 0 nitrogen and oxygen atoms in total. The van der Waals surface area contributed by atoms with Crippen molar-refractivity contribution in [1.82, 2.24) is 0 Å². The molecule has 0 aliphatic rings. The maximum Gasteiger partial charge on any atom is 0 e. The quantitative estimate of drug-likeness (QED) is 0.322. The molecule has 0 bridgehead atoms. The van der Waals surface area contributed by atoms with E-state index in [1.165, 1.54) is 0 Å². The van der Waals surface area contributed by atoms with E-state index in [4.69, 9.17) is 0 Å². The second-order valence-corrected chi connectivity index (χ2v) is 4.31. The summed E-state index contributed by atoms with van der Waals surface area (Å²) in [6.07, 6.45) is 0. The van der Waals surface area contributed by atoms with E-state index in [2.05, 4.69) is 24.3 Å². The van der Waals surface area contributed by atoms with Crippen molar-refractivity contribution in [2.45, 2.75) is 0 Å². The average molecular weight is 427 g/mol. The van der Waals surface area contributed by atoms with Crippen LogP contribution in [-0.4, -0.2) is 23.9 Å². The van der Waals surface area contributed by atoms with Crippen LogP contribution in [0.25, 0.3) is 0 Å². The number of hydrogen-bond donors (Lipinski definition) is 0. The van der Waals surface area contributed by atoms with Crippen molar-refractivity contribution < 1.29 is 0 Å². The zero-order valence-corrected chi connectivity index (χ0v) is 16.9. The maximum absolute atomic E-state index is 2.89. The molecule has 0 aromatic heterocycles. The van der Waals surface area contributed by atoms with E-state index in [9.17, 15) is 0 Å². The van der Waals surface area contributed by atoms with Crippen molar-refractivity contribution in [2.75, 3.05) is 0 Å². The normalized spacial score (nSPS) is 7.68. The van der Waals surface area contributed by atoms with Gasteiger partial charge in [-0.05, 0) is 24.3 Å². The Balaban J connectivity index is 0.000000303. The summed E-state index contributed by atoms with van der Waals surface area (Å²) in [6.45, 7) is 0. The smallest absolute Gasteiger partial charge is 0 e. The predicted octanol–water partition coefficient (Wildman–Crippen LogP) is 5.57. The Hall–Kier alpha value is -2.32. The minimum Gasteiger partial charge on any atom is -0.0622 e. The Morgan fingerprint density at radius 2 is 0.400 bits per heavy atom. The van der Waals surface area contributed by atoms with Crippen LogP contribution in [0.2, 0.25) is 0 Å². The van der Waals surface area contributed by atoms with Crippen molar-refractivity contribution in [1.29, 1.82) is 0 Å². The molecule has 4 aromatic rings. The van der Waals surface area contributed by atoms with Crippen molar-refractivity contribution in [3.05, 3.63) is 146 Å². The SMILES string of the molecule is [Sn].[c]1ccccc1.[c]1ccccc1.[c]1ccccc1.[c]1ccccc1. The van der Waals surface area contributed by atoms with Gasteiger partial charge in [-0.25, -0.2) is 0 Å². The Morgan fingerprint density at radius 1 is 0.240 bits per heavy atom. The molecule has 120 valence electrons. The fourth-order valence-electron chi connectivity index (χ4n) is 1.37. The molecular weight excluding hydrogens is 407 g/mol. The van der Waals surface area contributed by atoms with Gasteiger partial charge in [-0.3, -0.25) is 0 Å². The van der Waals surface area contributed by atoms with E-state index in [1.807, 2.05) is 121 Å². The fourth-order valence-corrected chi connectivity index (χ4v) is 1.37. The van der Waals surface area contributed by atoms with Gasteiger partial charge in [0.25, 0.3) is 0 Å². The molecule has 0 amide bonds. The summed E-state index contributed by atoms with van der Waals surface area (Å²) in [4.78, 5) is 0. The molecule has 0 atom stereocenters. The second-order valence-electron chi connectivity index (χ2n) is 4.31. The minimum atomic E-state index is 0. The van der Waals surface area contributed by atoms with E-state index in [1.54, 1.807) is 0 Å². The fraction of sp³-hybridized carbons (Fsp3) is 0. The maximum atomic E-state index is 2.89. The van der Waals surface area contributed by atoms with Gasteiger partial charge >= 0.3 is 0 Å². The first-order valence-corrected chi connectivity index (χ1v) is 7.64. The van der Waals surface area contributed by atoms with Gasteiger partial charge < -0.3 is 0 Å². The molecule has 0 unspecified atom stereocenters. The molecule has 0 saturated carbocycles. The van der Waals surface area contributed by atoms with Crippen LogP contribution >= 0.6 is 0 Å². The zero-order chi connectivity index (χ0) is 17.0. The van der Waals surface area contributed by atoms with Crippen LogP contribution in [0.1, 0.15) is 0 Å². The van der Waals surface area contributed by atoms with Gasteiger partial charge in [-0.2, -0.15) is 0 Å². The number of hydrogen-bond acceptors (Lipinski definition) is 0. The summed E-state index contributed by atoms with van der Waals surface area (Å²) in [7, 11) is 0. The van der Waals surface area contributed by atoms with Crippen LogP contribution in [0.3, 0.4) is 0 Å². The number of benzene rings is 4. The second kappa shape index (κ2) is 19.7. The minimum absolute atomic E-state index is 0. The molecule has 8 radical (unpaired) electrons. The van der Waals surface area contributed by atoms with E-state index < -0.39 is 0 Å². The summed E-state index contributed by atoms with van der Waals surface area (Å²) in [5.41, 5.74) is 0. The van der Waals surface area contributed by atoms with Gasteiger partial charge in [0.05, 0.1) is 0 Å². The largest absolute Gasteiger partial charge is 0.0622 e. The van der Waals surface area contributed by atoms with E-state index in [0.717, 1.165) is 0 Å². The summed E-state index contributed by atoms with van der Waals surface area (Å²) >= 11 is 0. The first-order chi connectivity index (χ1) is 12.0. The molecule has 0 heterocycles. The van der Waals surface area contributed by atoms with Crippen LogP contribution in [0.15, 0.2) is 121 Å². The van der Waals surface area contributed by atoms with Crippen LogP contribution < -0.4 is 0 Å². The van der Waals surface area contributed by atoms with Crippen molar-refractivity contribution >= 4 is 23.9 Å². The Bertz CT molecular complexity index is 420. The molecule has 0 spiro atoms. The van der Waals surface area contributed by atoms with Gasteiger partial charge in [0, 0.05) is 23.9 Å². The van der Waals surface area contributed by atoms with E-state index in [0.29, 0.717) is 0 Å². The number of rotatable bonds is 0. The Labute approximate surface area is 169 Å². The Morgan fingerprint density at radius 3 is 0.440 bits per heavy atom. The zero-order valence-electron chi connectivity index (χ0n) is 14.0. The molecule has 0 fully saturated rings. The molecular formula is C24H20Sn. The summed E-state index contributed by atoms with van der Waals surface area (Å²) in [5, 5.41) is 0. The van der Waals surface area contributed by atoms with Gasteiger partial charge in [-0.15, -0.1) is 0 Å². The van der Waals surface area contributed by atoms with Crippen molar-refractivity contribution in [3.8, 4) is 0 Å². The van der Waals surface area contributed by atoms with Gasteiger partial charge in [0.2, 0.25) is 0 Å². The third-order valence-corrected chi connectivity index (χ3v) is 2.43. The summed E-state index contributed by atoms with van der Waals surface area (Å²) in [5.74, 6) is 0. The molecule has 0 aliphatic heterocycles. The van der Waals surface area contributed by atoms with Crippen LogP contribution in [-0.2, 0) is 0 Å². The van der Waals surface area contributed by atoms with E-state index in [-0.39, 0.29) is 23.9 Å².